The second kappa shape index (κ2) is 9.00. The molecule has 1 aliphatic rings. The van der Waals surface area contributed by atoms with Gasteiger partial charge in [0, 0.05) is 13.2 Å². The lowest BCUT2D eigenvalue weighted by Crippen LogP contribution is -2.12. The number of hydrogen-bond donors (Lipinski definition) is 1. The zero-order valence-corrected chi connectivity index (χ0v) is 12.7. The molecule has 0 aliphatic heterocycles. The van der Waals surface area contributed by atoms with Gasteiger partial charge < -0.3 is 24.7 Å². The van der Waals surface area contributed by atoms with Crippen molar-refractivity contribution < 1.29 is 18.9 Å². The van der Waals surface area contributed by atoms with Crippen LogP contribution in [0.4, 0.5) is 0 Å². The van der Waals surface area contributed by atoms with Crippen molar-refractivity contribution in [1.82, 2.24) is 0 Å². The van der Waals surface area contributed by atoms with Gasteiger partial charge in [0.1, 0.15) is 12.4 Å². The Hall–Kier alpha value is -1.14. The van der Waals surface area contributed by atoms with Crippen LogP contribution in [0.2, 0.25) is 0 Å². The quantitative estimate of drug-likeness (QED) is 0.666. The number of rotatable bonds is 10. The van der Waals surface area contributed by atoms with E-state index in [9.17, 15) is 0 Å². The highest BCUT2D eigenvalue weighted by molar-refractivity contribution is 5.44. The first-order valence-electron chi connectivity index (χ1n) is 7.47. The molecule has 1 aromatic rings. The van der Waals surface area contributed by atoms with Crippen molar-refractivity contribution in [2.45, 2.75) is 18.9 Å². The summed E-state index contributed by atoms with van der Waals surface area (Å²) in [6, 6.07) is 6.26. The predicted octanol–water partition coefficient (Wildman–Crippen LogP) is 1.69. The van der Waals surface area contributed by atoms with E-state index in [1.54, 1.807) is 7.11 Å². The van der Waals surface area contributed by atoms with Crippen molar-refractivity contribution in [1.29, 1.82) is 0 Å². The number of nitrogens with two attached hydrogens (primary N) is 1. The molecule has 0 saturated carbocycles. The van der Waals surface area contributed by atoms with Gasteiger partial charge in [0.25, 0.3) is 0 Å². The zero-order valence-electron chi connectivity index (χ0n) is 12.7. The van der Waals surface area contributed by atoms with E-state index in [4.69, 9.17) is 24.7 Å². The van der Waals surface area contributed by atoms with Gasteiger partial charge in [-0.2, -0.15) is 0 Å². The second-order valence-electron chi connectivity index (χ2n) is 5.04. The van der Waals surface area contributed by atoms with Crippen molar-refractivity contribution in [3.63, 3.8) is 0 Å². The normalized spacial score (nSPS) is 17.0. The summed E-state index contributed by atoms with van der Waals surface area (Å²) < 4.78 is 21.5. The molecule has 1 aliphatic carbocycles. The second-order valence-corrected chi connectivity index (χ2v) is 5.04. The molecule has 2 rings (SSSR count). The Balaban J connectivity index is 1.60. The summed E-state index contributed by atoms with van der Waals surface area (Å²) in [4.78, 5) is 0. The first-order chi connectivity index (χ1) is 10.3. The maximum atomic E-state index is 6.06. The summed E-state index contributed by atoms with van der Waals surface area (Å²) >= 11 is 0. The predicted molar refractivity (Wildman–Crippen MR) is 80.7 cm³/mol. The molecule has 1 unspecified atom stereocenters. The summed E-state index contributed by atoms with van der Waals surface area (Å²) in [5.74, 6) is 0.945. The minimum Gasteiger partial charge on any atom is -0.491 e. The van der Waals surface area contributed by atoms with Crippen LogP contribution in [0.3, 0.4) is 0 Å². The smallest absolute Gasteiger partial charge is 0.122 e. The molecule has 118 valence electrons. The third-order valence-corrected chi connectivity index (χ3v) is 3.56. The number of benzene rings is 1. The zero-order chi connectivity index (χ0) is 14.9. The molecule has 5 nitrogen and oxygen atoms in total. The highest BCUT2D eigenvalue weighted by atomic mass is 16.6. The summed E-state index contributed by atoms with van der Waals surface area (Å²) in [6.07, 6.45) is 2.01. The maximum Gasteiger partial charge on any atom is 0.122 e. The molecule has 0 amide bonds. The molecule has 21 heavy (non-hydrogen) atoms. The van der Waals surface area contributed by atoms with Crippen molar-refractivity contribution in [3.8, 4) is 5.75 Å². The lowest BCUT2D eigenvalue weighted by molar-refractivity contribution is 0.0179. The van der Waals surface area contributed by atoms with Gasteiger partial charge in [0.05, 0.1) is 33.0 Å². The first kappa shape index (κ1) is 16.2. The van der Waals surface area contributed by atoms with Crippen molar-refractivity contribution in [2.24, 2.45) is 5.73 Å². The monoisotopic (exact) mass is 295 g/mol. The van der Waals surface area contributed by atoms with Crippen molar-refractivity contribution >= 4 is 0 Å². The topological polar surface area (TPSA) is 62.9 Å². The highest BCUT2D eigenvalue weighted by Crippen LogP contribution is 2.35. The Bertz CT molecular complexity index is 425. The van der Waals surface area contributed by atoms with Gasteiger partial charge in [-0.3, -0.25) is 0 Å². The van der Waals surface area contributed by atoms with Gasteiger partial charge >= 0.3 is 0 Å². The highest BCUT2D eigenvalue weighted by Gasteiger charge is 2.21. The van der Waals surface area contributed by atoms with Gasteiger partial charge in [0.15, 0.2) is 0 Å². The Morgan fingerprint density at radius 2 is 1.76 bits per heavy atom. The van der Waals surface area contributed by atoms with Gasteiger partial charge in [0.2, 0.25) is 0 Å². The van der Waals surface area contributed by atoms with E-state index in [0.29, 0.717) is 39.6 Å². The average Bonchev–Trinajstić information content (AvgIpc) is 2.88. The molecule has 0 radical (unpaired) electrons. The van der Waals surface area contributed by atoms with E-state index in [1.165, 1.54) is 11.1 Å². The molecule has 0 aromatic heterocycles. The van der Waals surface area contributed by atoms with Gasteiger partial charge in [-0.25, -0.2) is 0 Å². The molecular weight excluding hydrogens is 270 g/mol. The number of hydrogen-bond acceptors (Lipinski definition) is 5. The fourth-order valence-corrected chi connectivity index (χ4v) is 2.46. The number of fused-ring (bicyclic) bond motifs is 1. The van der Waals surface area contributed by atoms with Crippen LogP contribution >= 0.6 is 0 Å². The molecule has 0 heterocycles. The van der Waals surface area contributed by atoms with E-state index in [1.807, 2.05) is 12.1 Å². The van der Waals surface area contributed by atoms with Crippen molar-refractivity contribution in [3.05, 3.63) is 29.3 Å². The Morgan fingerprint density at radius 3 is 2.52 bits per heavy atom. The van der Waals surface area contributed by atoms with Crippen LogP contribution in [0.15, 0.2) is 18.2 Å². The van der Waals surface area contributed by atoms with Crippen LogP contribution in [-0.2, 0) is 20.6 Å². The molecule has 1 aromatic carbocycles. The Morgan fingerprint density at radius 1 is 1.05 bits per heavy atom. The minimum atomic E-state index is 0.157. The lowest BCUT2D eigenvalue weighted by atomic mass is 10.1. The standard InChI is InChI=1S/C16H25NO4/c1-18-7-8-19-9-10-20-11-12-21-16-4-2-3-13-14(16)5-6-15(13)17/h2-4,15H,5-12,17H2,1H3. The number of ether oxygens (including phenoxy) is 4. The van der Waals surface area contributed by atoms with Crippen molar-refractivity contribution in [2.75, 3.05) is 46.8 Å². The first-order valence-corrected chi connectivity index (χ1v) is 7.47. The summed E-state index contributed by atoms with van der Waals surface area (Å²) in [7, 11) is 1.66. The largest absolute Gasteiger partial charge is 0.491 e. The van der Waals surface area contributed by atoms with E-state index in [-0.39, 0.29) is 6.04 Å². The number of methoxy groups -OCH3 is 1. The minimum absolute atomic E-state index is 0.157. The van der Waals surface area contributed by atoms with Crippen LogP contribution in [0.5, 0.6) is 5.75 Å². The summed E-state index contributed by atoms with van der Waals surface area (Å²) in [6.45, 7) is 3.48. The van der Waals surface area contributed by atoms with Crippen LogP contribution in [-0.4, -0.2) is 46.8 Å². The van der Waals surface area contributed by atoms with E-state index in [0.717, 1.165) is 18.6 Å². The lowest BCUT2D eigenvalue weighted by Gasteiger charge is -2.12. The molecule has 0 saturated heterocycles. The van der Waals surface area contributed by atoms with Gasteiger partial charge in [-0.05, 0) is 30.0 Å². The Labute approximate surface area is 126 Å². The molecule has 0 fully saturated rings. The van der Waals surface area contributed by atoms with E-state index >= 15 is 0 Å². The fourth-order valence-electron chi connectivity index (χ4n) is 2.46. The molecule has 5 heteroatoms. The van der Waals surface area contributed by atoms with Crippen LogP contribution in [0, 0.1) is 0 Å². The van der Waals surface area contributed by atoms with Gasteiger partial charge in [-0.15, -0.1) is 0 Å². The third kappa shape index (κ3) is 4.97. The molecular formula is C16H25NO4. The van der Waals surface area contributed by atoms with E-state index < -0.39 is 0 Å². The van der Waals surface area contributed by atoms with E-state index in [2.05, 4.69) is 6.07 Å². The SMILES string of the molecule is COCCOCCOCCOc1cccc2c1CCC2N. The summed E-state index contributed by atoms with van der Waals surface area (Å²) in [5.41, 5.74) is 8.54. The summed E-state index contributed by atoms with van der Waals surface area (Å²) in [5, 5.41) is 0. The third-order valence-electron chi connectivity index (χ3n) is 3.56. The molecule has 0 bridgehead atoms. The van der Waals surface area contributed by atoms with Gasteiger partial charge in [-0.1, -0.05) is 12.1 Å². The average molecular weight is 295 g/mol. The van der Waals surface area contributed by atoms with Crippen LogP contribution in [0.25, 0.3) is 0 Å². The molecule has 0 spiro atoms. The maximum absolute atomic E-state index is 6.06. The molecule has 2 N–H and O–H groups in total. The fraction of sp³-hybridized carbons (Fsp3) is 0.625. The van der Waals surface area contributed by atoms with Crippen LogP contribution < -0.4 is 10.5 Å². The molecule has 1 atom stereocenters. The Kier molecular flexibility index (Phi) is 6.95. The van der Waals surface area contributed by atoms with Crippen LogP contribution in [0.1, 0.15) is 23.6 Å².